The molecule has 4 aliphatic heterocycles. The highest BCUT2D eigenvalue weighted by Crippen LogP contribution is 2.59. The number of hydrogen-bond acceptors (Lipinski definition) is 5. The molecule has 0 radical (unpaired) electrons. The first-order valence-corrected chi connectivity index (χ1v) is 17.3. The third-order valence-corrected chi connectivity index (χ3v) is 11.3. The third-order valence-electron chi connectivity index (χ3n) is 11.3. The van der Waals surface area contributed by atoms with Crippen molar-refractivity contribution in [3.05, 3.63) is 114 Å². The van der Waals surface area contributed by atoms with Crippen LogP contribution in [0.25, 0.3) is 10.8 Å². The summed E-state index contributed by atoms with van der Waals surface area (Å²) in [5.41, 5.74) is 1.72. The van der Waals surface area contributed by atoms with Gasteiger partial charge < -0.3 is 19.6 Å². The maximum Gasteiger partial charge on any atom is 0.264 e. The lowest BCUT2D eigenvalue weighted by Gasteiger charge is -2.37. The van der Waals surface area contributed by atoms with Gasteiger partial charge in [-0.3, -0.25) is 19.3 Å². The van der Waals surface area contributed by atoms with Gasteiger partial charge in [-0.1, -0.05) is 61.5 Å². The molecule has 0 saturated carbocycles. The maximum absolute atomic E-state index is 16.4. The number of amides is 3. The number of aliphatic hydroxyl groups excluding tert-OH is 1. The molecule has 8 nitrogen and oxygen atoms in total. The summed E-state index contributed by atoms with van der Waals surface area (Å²) in [6.45, 7) is 8.97. The monoisotopic (exact) mass is 673 g/mol. The van der Waals surface area contributed by atoms with Crippen molar-refractivity contribution in [2.75, 3.05) is 23.0 Å². The molecule has 1 spiro atoms. The Hall–Kier alpha value is -4.86. The van der Waals surface area contributed by atoms with Crippen LogP contribution in [0, 0.1) is 11.8 Å². The normalized spacial score (nSPS) is 25.5. The number of rotatable bonds is 7. The zero-order valence-electron chi connectivity index (χ0n) is 28.4. The highest BCUT2D eigenvalue weighted by Gasteiger charge is 2.66. The lowest BCUT2D eigenvalue weighted by atomic mass is 9.71. The van der Waals surface area contributed by atoms with Gasteiger partial charge in [0.2, 0.25) is 5.91 Å². The van der Waals surface area contributed by atoms with Crippen LogP contribution in [0.15, 0.2) is 91.5 Å². The third kappa shape index (κ3) is 4.59. The Labute approximate surface area is 290 Å². The van der Waals surface area contributed by atoms with Gasteiger partial charge in [-0.25, -0.2) is 4.39 Å². The molecule has 0 aliphatic carbocycles. The number of fused-ring (bicyclic) bond motifs is 3. The zero-order chi connectivity index (χ0) is 35.1. The molecular weight excluding hydrogens is 633 g/mol. The van der Waals surface area contributed by atoms with Gasteiger partial charge in [0, 0.05) is 41.6 Å². The largest absolute Gasteiger partial charge is 0.394 e. The lowest BCUT2D eigenvalue weighted by Crippen LogP contribution is -2.48. The van der Waals surface area contributed by atoms with E-state index in [1.807, 2.05) is 85.8 Å². The second-order valence-electron chi connectivity index (χ2n) is 14.5. The van der Waals surface area contributed by atoms with Gasteiger partial charge in [-0.15, -0.1) is 6.58 Å². The summed E-state index contributed by atoms with van der Waals surface area (Å²) in [6, 6.07) is 24.4. The van der Waals surface area contributed by atoms with Gasteiger partial charge in [-0.2, -0.15) is 0 Å². The van der Waals surface area contributed by atoms with Crippen molar-refractivity contribution in [2.45, 2.75) is 63.6 Å². The number of nitrogens with zero attached hydrogens (tertiary/aromatic N) is 3. The molecular formula is C41H40FN3O5. The van der Waals surface area contributed by atoms with E-state index in [2.05, 4.69) is 6.58 Å². The molecule has 0 bridgehead atoms. The fraction of sp³-hybridized carbons (Fsp3) is 0.341. The summed E-state index contributed by atoms with van der Waals surface area (Å²) in [4.78, 5) is 47.6. The van der Waals surface area contributed by atoms with Gasteiger partial charge in [0.05, 0.1) is 42.1 Å². The molecule has 3 amide bonds. The fourth-order valence-electron chi connectivity index (χ4n) is 9.19. The first-order chi connectivity index (χ1) is 24.0. The average Bonchev–Trinajstić information content (AvgIpc) is 3.65. The van der Waals surface area contributed by atoms with Gasteiger partial charge in [-0.05, 0) is 67.1 Å². The van der Waals surface area contributed by atoms with Crippen molar-refractivity contribution in [3.63, 3.8) is 0 Å². The van der Waals surface area contributed by atoms with Crippen LogP contribution in [-0.2, 0) is 32.9 Å². The summed E-state index contributed by atoms with van der Waals surface area (Å²) in [7, 11) is 0. The van der Waals surface area contributed by atoms with E-state index in [1.165, 1.54) is 13.8 Å². The van der Waals surface area contributed by atoms with Gasteiger partial charge in [0.15, 0.2) is 5.60 Å². The summed E-state index contributed by atoms with van der Waals surface area (Å²) < 4.78 is 23.3. The molecule has 256 valence electrons. The first-order valence-electron chi connectivity index (χ1n) is 17.3. The van der Waals surface area contributed by atoms with Crippen LogP contribution in [0.4, 0.5) is 21.5 Å². The molecule has 4 aromatic carbocycles. The molecule has 5 atom stereocenters. The topological polar surface area (TPSA) is 90.4 Å². The van der Waals surface area contributed by atoms with Crippen molar-refractivity contribution in [2.24, 2.45) is 11.8 Å². The second kappa shape index (κ2) is 11.6. The SMILES string of the molecule is C=CCN1C(=O)[C@]2(O[C@H](CC(=O)N3Cc4ccccc4C[C@H]3CO)[C@@H](C(C)(C)F)[C@@H]2C)c2cc(N3C(=O)c4cccc5cccc3c45)ccc21. The van der Waals surface area contributed by atoms with Crippen molar-refractivity contribution in [3.8, 4) is 0 Å². The van der Waals surface area contributed by atoms with Crippen LogP contribution in [-0.4, -0.2) is 58.7 Å². The Balaban J connectivity index is 1.20. The van der Waals surface area contributed by atoms with Crippen LogP contribution >= 0.6 is 0 Å². The molecule has 9 heteroatoms. The van der Waals surface area contributed by atoms with E-state index in [4.69, 9.17) is 4.74 Å². The minimum absolute atomic E-state index is 0.158. The van der Waals surface area contributed by atoms with Crippen molar-refractivity contribution in [1.82, 2.24) is 4.90 Å². The Kier molecular flexibility index (Phi) is 7.51. The molecule has 1 fully saturated rings. The van der Waals surface area contributed by atoms with E-state index in [0.717, 1.165) is 27.6 Å². The Morgan fingerprint density at radius 2 is 1.78 bits per heavy atom. The highest BCUT2D eigenvalue weighted by molar-refractivity contribution is 6.28. The molecule has 8 rings (SSSR count). The van der Waals surface area contributed by atoms with E-state index >= 15 is 4.39 Å². The lowest BCUT2D eigenvalue weighted by molar-refractivity contribution is -0.151. The number of benzene rings is 4. The van der Waals surface area contributed by atoms with E-state index in [-0.39, 0.29) is 37.3 Å². The predicted octanol–water partition coefficient (Wildman–Crippen LogP) is 6.59. The van der Waals surface area contributed by atoms with E-state index in [1.54, 1.807) is 20.8 Å². The number of ether oxygens (including phenoxy) is 1. The molecule has 4 aliphatic rings. The number of halogens is 1. The number of carbonyl (C=O) groups is 3. The molecule has 4 aromatic rings. The smallest absolute Gasteiger partial charge is 0.264 e. The fourth-order valence-corrected chi connectivity index (χ4v) is 9.19. The summed E-state index contributed by atoms with van der Waals surface area (Å²) in [5.74, 6) is -2.29. The summed E-state index contributed by atoms with van der Waals surface area (Å²) >= 11 is 0. The van der Waals surface area contributed by atoms with Crippen molar-refractivity contribution < 1.29 is 28.6 Å². The standard InChI is InChI=1S/C41H40FN3O5/c1-5-18-43-32-17-16-28(45-33-15-9-13-25-12-8-14-30(36(25)33)38(45)48)20-31(32)41(39(43)49)24(2)37(40(3,4)42)34(50-41)21-35(47)44-22-27-11-7-6-10-26(27)19-29(44)23-46/h5-17,20,24,29,34,37,46H,1,18-19,21-23H2,2-4H3/t24-,29-,34+,37-,41+/m0/s1. The Bertz CT molecular complexity index is 2090. The maximum atomic E-state index is 16.4. The van der Waals surface area contributed by atoms with E-state index < -0.39 is 35.3 Å². The Morgan fingerprint density at radius 1 is 1.04 bits per heavy atom. The molecule has 4 heterocycles. The Morgan fingerprint density at radius 3 is 2.50 bits per heavy atom. The quantitative estimate of drug-likeness (QED) is 0.224. The van der Waals surface area contributed by atoms with E-state index in [9.17, 15) is 19.5 Å². The number of alkyl halides is 1. The summed E-state index contributed by atoms with van der Waals surface area (Å²) in [5, 5.41) is 12.1. The molecule has 0 aromatic heterocycles. The highest BCUT2D eigenvalue weighted by atomic mass is 19.1. The molecule has 50 heavy (non-hydrogen) atoms. The van der Waals surface area contributed by atoms with Crippen LogP contribution in [0.2, 0.25) is 0 Å². The van der Waals surface area contributed by atoms with Crippen LogP contribution in [0.1, 0.15) is 54.2 Å². The minimum atomic E-state index is -1.81. The number of carbonyl (C=O) groups excluding carboxylic acids is 3. The molecule has 1 N–H and O–H groups in total. The second-order valence-corrected chi connectivity index (χ2v) is 14.5. The number of aliphatic hydroxyl groups is 1. The first kappa shape index (κ1) is 32.4. The summed E-state index contributed by atoms with van der Waals surface area (Å²) in [6.07, 6.45) is 1.05. The average molecular weight is 674 g/mol. The molecule has 0 unspecified atom stereocenters. The minimum Gasteiger partial charge on any atom is -0.394 e. The van der Waals surface area contributed by atoms with Crippen LogP contribution in [0.3, 0.4) is 0 Å². The van der Waals surface area contributed by atoms with Crippen molar-refractivity contribution in [1.29, 1.82) is 0 Å². The number of anilines is 3. The molecule has 1 saturated heterocycles. The van der Waals surface area contributed by atoms with Gasteiger partial charge >= 0.3 is 0 Å². The van der Waals surface area contributed by atoms with E-state index in [0.29, 0.717) is 35.5 Å². The zero-order valence-corrected chi connectivity index (χ0v) is 28.4. The van der Waals surface area contributed by atoms with Crippen molar-refractivity contribution >= 4 is 45.6 Å². The van der Waals surface area contributed by atoms with Gasteiger partial charge in [0.1, 0.15) is 5.67 Å². The van der Waals surface area contributed by atoms with Crippen LogP contribution < -0.4 is 9.80 Å². The van der Waals surface area contributed by atoms with Gasteiger partial charge in [0.25, 0.3) is 11.8 Å². The number of hydrogen-bond donors (Lipinski definition) is 1. The van der Waals surface area contributed by atoms with Crippen LogP contribution in [0.5, 0.6) is 0 Å². The predicted molar refractivity (Wildman–Crippen MR) is 190 cm³/mol.